The molecular formula is C13H25NO3. The smallest absolute Gasteiger partial charge is 0.0675 e. The normalized spacial score (nSPS) is 37.8. The predicted octanol–water partition coefficient (Wildman–Crippen LogP) is 1.06. The molecule has 3 N–H and O–H groups in total. The molecular weight excluding hydrogens is 218 g/mol. The van der Waals surface area contributed by atoms with E-state index in [1.165, 1.54) is 0 Å². The summed E-state index contributed by atoms with van der Waals surface area (Å²) in [6.07, 6.45) is 4.84. The summed E-state index contributed by atoms with van der Waals surface area (Å²) in [7, 11) is 0. The monoisotopic (exact) mass is 243 g/mol. The molecule has 3 unspecified atom stereocenters. The van der Waals surface area contributed by atoms with E-state index in [9.17, 15) is 5.11 Å². The third-order valence-corrected chi connectivity index (χ3v) is 3.93. The van der Waals surface area contributed by atoms with Crippen LogP contribution in [-0.2, 0) is 9.47 Å². The van der Waals surface area contributed by atoms with Crippen molar-refractivity contribution < 1.29 is 14.6 Å². The van der Waals surface area contributed by atoms with E-state index in [2.05, 4.69) is 13.8 Å². The number of ether oxygens (including phenoxy) is 2. The predicted molar refractivity (Wildman–Crippen MR) is 65.7 cm³/mol. The van der Waals surface area contributed by atoms with Crippen LogP contribution in [0.25, 0.3) is 0 Å². The number of rotatable bonds is 5. The molecule has 0 aromatic heterocycles. The van der Waals surface area contributed by atoms with Gasteiger partial charge in [-0.05, 0) is 45.4 Å². The molecule has 4 nitrogen and oxygen atoms in total. The molecule has 3 atom stereocenters. The summed E-state index contributed by atoms with van der Waals surface area (Å²) in [5.41, 5.74) is 5.66. The Morgan fingerprint density at radius 1 is 1.29 bits per heavy atom. The molecule has 0 amide bonds. The highest BCUT2D eigenvalue weighted by Gasteiger charge is 2.42. The van der Waals surface area contributed by atoms with Crippen LogP contribution in [0.5, 0.6) is 0 Å². The topological polar surface area (TPSA) is 64.7 Å². The first-order valence-corrected chi connectivity index (χ1v) is 6.70. The first-order chi connectivity index (χ1) is 8.03. The number of hydrogen-bond donors (Lipinski definition) is 2. The van der Waals surface area contributed by atoms with Crippen molar-refractivity contribution in [3.8, 4) is 0 Å². The fourth-order valence-corrected chi connectivity index (χ4v) is 2.70. The van der Waals surface area contributed by atoms with Gasteiger partial charge in [0.1, 0.15) is 0 Å². The minimum Gasteiger partial charge on any atom is -0.394 e. The minimum absolute atomic E-state index is 0.0198. The van der Waals surface area contributed by atoms with Crippen LogP contribution in [0.3, 0.4) is 0 Å². The Balaban J connectivity index is 1.80. The van der Waals surface area contributed by atoms with Crippen molar-refractivity contribution in [2.75, 3.05) is 13.2 Å². The molecule has 100 valence electrons. The highest BCUT2D eigenvalue weighted by Crippen LogP contribution is 2.38. The molecule has 1 saturated heterocycles. The maximum Gasteiger partial charge on any atom is 0.0675 e. The van der Waals surface area contributed by atoms with Gasteiger partial charge in [-0.3, -0.25) is 0 Å². The molecule has 0 radical (unpaired) electrons. The molecule has 1 aliphatic carbocycles. The van der Waals surface area contributed by atoms with Crippen molar-refractivity contribution in [1.29, 1.82) is 0 Å². The van der Waals surface area contributed by atoms with Gasteiger partial charge in [-0.2, -0.15) is 0 Å². The summed E-state index contributed by atoms with van der Waals surface area (Å²) < 4.78 is 11.6. The van der Waals surface area contributed by atoms with E-state index in [0.29, 0.717) is 12.5 Å². The molecule has 2 aliphatic rings. The second-order valence-corrected chi connectivity index (χ2v) is 5.83. The lowest BCUT2D eigenvalue weighted by Crippen LogP contribution is -2.51. The van der Waals surface area contributed by atoms with Gasteiger partial charge in [0.15, 0.2) is 0 Å². The second kappa shape index (κ2) is 5.22. The van der Waals surface area contributed by atoms with Crippen molar-refractivity contribution >= 4 is 0 Å². The zero-order valence-corrected chi connectivity index (χ0v) is 10.9. The fourth-order valence-electron chi connectivity index (χ4n) is 2.70. The maximum atomic E-state index is 9.40. The summed E-state index contributed by atoms with van der Waals surface area (Å²) in [6.45, 7) is 4.65. The molecule has 0 aromatic rings. The lowest BCUT2D eigenvalue weighted by atomic mass is 9.96. The van der Waals surface area contributed by atoms with Crippen LogP contribution >= 0.6 is 0 Å². The molecule has 0 bridgehead atoms. The zero-order valence-electron chi connectivity index (χ0n) is 10.9. The molecule has 17 heavy (non-hydrogen) atoms. The number of nitrogens with two attached hydrogens (primary N) is 1. The lowest BCUT2D eigenvalue weighted by Gasteiger charge is -2.35. The second-order valence-electron chi connectivity index (χ2n) is 5.83. The van der Waals surface area contributed by atoms with E-state index in [4.69, 9.17) is 15.2 Å². The third kappa shape index (κ3) is 3.41. The van der Waals surface area contributed by atoms with E-state index in [-0.39, 0.29) is 24.9 Å². The van der Waals surface area contributed by atoms with E-state index in [0.717, 1.165) is 25.7 Å². The molecule has 1 aliphatic heterocycles. The van der Waals surface area contributed by atoms with Crippen molar-refractivity contribution in [3.63, 3.8) is 0 Å². The van der Waals surface area contributed by atoms with Crippen molar-refractivity contribution in [1.82, 2.24) is 0 Å². The number of aliphatic hydroxyl groups excluding tert-OH is 1. The molecule has 1 saturated carbocycles. The van der Waals surface area contributed by atoms with Gasteiger partial charge in [-0.1, -0.05) is 0 Å². The SMILES string of the molecule is CC1CC(OCC(N)(CO)C2CC2)CC(C)O1. The minimum atomic E-state index is -0.523. The molecule has 2 fully saturated rings. The number of aliphatic hydroxyl groups is 1. The van der Waals surface area contributed by atoms with Gasteiger partial charge in [0.25, 0.3) is 0 Å². The van der Waals surface area contributed by atoms with Crippen LogP contribution in [-0.4, -0.2) is 42.2 Å². The largest absolute Gasteiger partial charge is 0.394 e. The Kier molecular flexibility index (Phi) is 4.08. The van der Waals surface area contributed by atoms with Gasteiger partial charge in [-0.15, -0.1) is 0 Å². The third-order valence-electron chi connectivity index (χ3n) is 3.93. The van der Waals surface area contributed by atoms with E-state index in [1.807, 2.05) is 0 Å². The Morgan fingerprint density at radius 3 is 2.35 bits per heavy atom. The lowest BCUT2D eigenvalue weighted by molar-refractivity contribution is -0.112. The number of hydrogen-bond acceptors (Lipinski definition) is 4. The van der Waals surface area contributed by atoms with Crippen LogP contribution < -0.4 is 5.73 Å². The summed E-state index contributed by atoms with van der Waals surface area (Å²) in [6, 6.07) is 0. The van der Waals surface area contributed by atoms with E-state index >= 15 is 0 Å². The molecule has 1 heterocycles. The van der Waals surface area contributed by atoms with Crippen molar-refractivity contribution in [2.45, 2.75) is 63.4 Å². The highest BCUT2D eigenvalue weighted by molar-refractivity contribution is 4.98. The van der Waals surface area contributed by atoms with Crippen LogP contribution in [0, 0.1) is 5.92 Å². The molecule has 0 aromatic carbocycles. The molecule has 0 spiro atoms. The average molecular weight is 243 g/mol. The van der Waals surface area contributed by atoms with Gasteiger partial charge in [0.05, 0.1) is 37.1 Å². The summed E-state index contributed by atoms with van der Waals surface area (Å²) in [5, 5.41) is 9.40. The van der Waals surface area contributed by atoms with E-state index < -0.39 is 5.54 Å². The van der Waals surface area contributed by atoms with Crippen LogP contribution in [0.4, 0.5) is 0 Å². The van der Waals surface area contributed by atoms with E-state index in [1.54, 1.807) is 0 Å². The summed E-state index contributed by atoms with van der Waals surface area (Å²) in [5.74, 6) is 0.446. The first kappa shape index (κ1) is 13.3. The van der Waals surface area contributed by atoms with Gasteiger partial charge in [-0.25, -0.2) is 0 Å². The Labute approximate surface area is 103 Å². The summed E-state index contributed by atoms with van der Waals surface area (Å²) >= 11 is 0. The Hall–Kier alpha value is -0.160. The Bertz CT molecular complexity index is 247. The standard InChI is InChI=1S/C13H25NO3/c1-9-5-12(6-10(2)17-9)16-8-13(14,7-15)11-3-4-11/h9-12,15H,3-8,14H2,1-2H3. The average Bonchev–Trinajstić information content (AvgIpc) is 3.08. The van der Waals surface area contributed by atoms with Gasteiger partial charge in [0, 0.05) is 0 Å². The van der Waals surface area contributed by atoms with Crippen molar-refractivity contribution in [2.24, 2.45) is 11.7 Å². The fraction of sp³-hybridized carbons (Fsp3) is 1.00. The zero-order chi connectivity index (χ0) is 12.5. The van der Waals surface area contributed by atoms with Gasteiger partial charge < -0.3 is 20.3 Å². The van der Waals surface area contributed by atoms with Crippen LogP contribution in [0.1, 0.15) is 39.5 Å². The molecule has 2 rings (SSSR count). The van der Waals surface area contributed by atoms with Crippen LogP contribution in [0.2, 0.25) is 0 Å². The highest BCUT2D eigenvalue weighted by atomic mass is 16.5. The quantitative estimate of drug-likeness (QED) is 0.758. The Morgan fingerprint density at radius 2 is 1.88 bits per heavy atom. The maximum absolute atomic E-state index is 9.40. The van der Waals surface area contributed by atoms with Crippen LogP contribution in [0.15, 0.2) is 0 Å². The summed E-state index contributed by atoms with van der Waals surface area (Å²) in [4.78, 5) is 0. The van der Waals surface area contributed by atoms with Gasteiger partial charge in [0.2, 0.25) is 0 Å². The van der Waals surface area contributed by atoms with Gasteiger partial charge >= 0.3 is 0 Å². The first-order valence-electron chi connectivity index (χ1n) is 6.70. The molecule has 4 heteroatoms. The van der Waals surface area contributed by atoms with Crippen molar-refractivity contribution in [3.05, 3.63) is 0 Å².